The molecule has 0 aliphatic rings. The van der Waals surface area contributed by atoms with Gasteiger partial charge in [0.1, 0.15) is 0 Å². The first-order valence-corrected chi connectivity index (χ1v) is 17.9. The predicted molar refractivity (Wildman–Crippen MR) is 170 cm³/mol. The Morgan fingerprint density at radius 3 is 0.703 bits per heavy atom. The second-order valence-electron chi connectivity index (χ2n) is 12.7. The minimum absolute atomic E-state index is 0.362. The van der Waals surface area contributed by atoms with E-state index in [4.69, 9.17) is 0 Å². The van der Waals surface area contributed by atoms with Crippen molar-refractivity contribution in [2.75, 3.05) is 0 Å². The molecule has 0 unspecified atom stereocenters. The van der Waals surface area contributed by atoms with E-state index in [1.54, 1.807) is 0 Å². The summed E-state index contributed by atoms with van der Waals surface area (Å²) in [5.74, 6) is 0. The maximum atomic E-state index is 11.0. The molecule has 0 aromatic carbocycles. The molecule has 0 saturated carbocycles. The lowest BCUT2D eigenvalue weighted by atomic mass is 9.86. The van der Waals surface area contributed by atoms with Crippen LogP contribution < -0.4 is 0 Å². The maximum Gasteiger partial charge on any atom is 0.0647 e. The van der Waals surface area contributed by atoms with Crippen LogP contribution in [0, 0.1) is 0 Å². The van der Waals surface area contributed by atoms with Gasteiger partial charge in [0.2, 0.25) is 0 Å². The number of hydrogen-bond donors (Lipinski definition) is 1. The molecule has 0 bridgehead atoms. The van der Waals surface area contributed by atoms with E-state index in [1.165, 1.54) is 186 Å². The lowest BCUT2D eigenvalue weighted by Crippen LogP contribution is -2.28. The zero-order chi connectivity index (χ0) is 27.1. The van der Waals surface area contributed by atoms with Crippen molar-refractivity contribution in [2.24, 2.45) is 0 Å². The van der Waals surface area contributed by atoms with Gasteiger partial charge >= 0.3 is 0 Å². The summed E-state index contributed by atoms with van der Waals surface area (Å²) < 4.78 is 0. The molecule has 1 N–H and O–H groups in total. The van der Waals surface area contributed by atoms with Crippen LogP contribution in [0.5, 0.6) is 0 Å². The lowest BCUT2D eigenvalue weighted by Gasteiger charge is -2.28. The van der Waals surface area contributed by atoms with E-state index in [1.807, 2.05) is 0 Å². The van der Waals surface area contributed by atoms with Crippen molar-refractivity contribution in [2.45, 2.75) is 232 Å². The zero-order valence-corrected chi connectivity index (χ0v) is 26.6. The van der Waals surface area contributed by atoms with E-state index in [-0.39, 0.29) is 5.60 Å². The van der Waals surface area contributed by atoms with Crippen molar-refractivity contribution in [3.05, 3.63) is 0 Å². The third-order valence-corrected chi connectivity index (χ3v) is 8.74. The molecule has 0 spiro atoms. The second-order valence-corrected chi connectivity index (χ2v) is 12.7. The topological polar surface area (TPSA) is 20.2 Å². The Morgan fingerprint density at radius 2 is 0.459 bits per heavy atom. The Morgan fingerprint density at radius 1 is 0.270 bits per heavy atom. The smallest absolute Gasteiger partial charge is 0.0647 e. The van der Waals surface area contributed by atoms with E-state index in [0.29, 0.717) is 0 Å². The van der Waals surface area contributed by atoms with Gasteiger partial charge < -0.3 is 5.11 Å². The van der Waals surface area contributed by atoms with Gasteiger partial charge in [-0.05, 0) is 19.3 Å². The van der Waals surface area contributed by atoms with E-state index in [2.05, 4.69) is 20.8 Å². The van der Waals surface area contributed by atoms with Crippen LogP contribution in [-0.4, -0.2) is 10.7 Å². The number of aliphatic hydroxyl groups is 1. The standard InChI is InChI=1S/C36H74O/c1-4-7-10-11-12-13-14-15-16-17-18-19-20-21-22-23-24-25-26-27-28-29-30-31-32-35-36(37,33-8-5-2)34-9-6-3/h37H,4-35H2,1-3H3. The molecule has 0 aliphatic carbocycles. The Balaban J connectivity index is 3.25. The van der Waals surface area contributed by atoms with Gasteiger partial charge in [0, 0.05) is 0 Å². The van der Waals surface area contributed by atoms with Crippen LogP contribution in [0.3, 0.4) is 0 Å². The quantitative estimate of drug-likeness (QED) is 0.0871. The Bertz CT molecular complexity index is 395. The summed E-state index contributed by atoms with van der Waals surface area (Å²) >= 11 is 0. The van der Waals surface area contributed by atoms with Crippen LogP contribution in [-0.2, 0) is 0 Å². The van der Waals surface area contributed by atoms with Crippen molar-refractivity contribution < 1.29 is 5.11 Å². The SMILES string of the molecule is CCCCCCCCCCCCCCCCCCCCCCCCCCCC(O)(CCCC)CCCC. The first kappa shape index (κ1) is 37.0. The molecule has 0 aromatic heterocycles. The van der Waals surface area contributed by atoms with Gasteiger partial charge in [-0.25, -0.2) is 0 Å². The molecule has 0 rings (SSSR count). The van der Waals surface area contributed by atoms with Crippen LogP contribution in [0.4, 0.5) is 0 Å². The average molecular weight is 523 g/mol. The van der Waals surface area contributed by atoms with E-state index in [9.17, 15) is 5.11 Å². The molecule has 1 nitrogen and oxygen atoms in total. The number of rotatable bonds is 32. The molecule has 0 amide bonds. The monoisotopic (exact) mass is 523 g/mol. The Labute approximate surface area is 236 Å². The molecule has 0 fully saturated rings. The summed E-state index contributed by atoms with van der Waals surface area (Å²) in [7, 11) is 0. The largest absolute Gasteiger partial charge is 0.390 e. The summed E-state index contributed by atoms with van der Waals surface area (Å²) in [5, 5.41) is 11.0. The highest BCUT2D eigenvalue weighted by Crippen LogP contribution is 2.28. The molecule has 0 aromatic rings. The molecule has 0 radical (unpaired) electrons. The zero-order valence-electron chi connectivity index (χ0n) is 26.6. The normalized spacial score (nSPS) is 12.0. The van der Waals surface area contributed by atoms with Crippen molar-refractivity contribution in [3.63, 3.8) is 0 Å². The summed E-state index contributed by atoms with van der Waals surface area (Å²) in [6, 6.07) is 0. The first-order valence-electron chi connectivity index (χ1n) is 17.9. The van der Waals surface area contributed by atoms with Crippen LogP contribution in [0.2, 0.25) is 0 Å². The molecule has 0 heterocycles. The van der Waals surface area contributed by atoms with E-state index in [0.717, 1.165) is 19.3 Å². The van der Waals surface area contributed by atoms with Gasteiger partial charge in [-0.15, -0.1) is 0 Å². The third-order valence-electron chi connectivity index (χ3n) is 8.74. The van der Waals surface area contributed by atoms with Crippen LogP contribution in [0.15, 0.2) is 0 Å². The Kier molecular flexibility index (Phi) is 30.5. The average Bonchev–Trinajstić information content (AvgIpc) is 2.91. The fraction of sp³-hybridized carbons (Fsp3) is 1.00. The van der Waals surface area contributed by atoms with Crippen LogP contribution in [0.1, 0.15) is 226 Å². The molecule has 224 valence electrons. The Hall–Kier alpha value is -0.0400. The molecule has 37 heavy (non-hydrogen) atoms. The minimum atomic E-state index is -0.362. The highest BCUT2D eigenvalue weighted by molar-refractivity contribution is 4.78. The molecule has 1 heteroatoms. The summed E-state index contributed by atoms with van der Waals surface area (Å²) in [4.78, 5) is 0. The van der Waals surface area contributed by atoms with Gasteiger partial charge in [-0.1, -0.05) is 207 Å². The van der Waals surface area contributed by atoms with Crippen molar-refractivity contribution in [1.29, 1.82) is 0 Å². The molecule has 0 aliphatic heterocycles. The van der Waals surface area contributed by atoms with Crippen molar-refractivity contribution >= 4 is 0 Å². The number of unbranched alkanes of at least 4 members (excludes halogenated alkanes) is 26. The van der Waals surface area contributed by atoms with E-state index >= 15 is 0 Å². The minimum Gasteiger partial charge on any atom is -0.390 e. The van der Waals surface area contributed by atoms with Crippen molar-refractivity contribution in [3.8, 4) is 0 Å². The molecule has 0 atom stereocenters. The van der Waals surface area contributed by atoms with Crippen LogP contribution in [0.25, 0.3) is 0 Å². The lowest BCUT2D eigenvalue weighted by molar-refractivity contribution is 0.00788. The second kappa shape index (κ2) is 30.5. The molecular formula is C36H74O. The first-order chi connectivity index (χ1) is 18.2. The molecular weight excluding hydrogens is 448 g/mol. The number of hydrogen-bond acceptors (Lipinski definition) is 1. The predicted octanol–water partition coefficient (Wildman–Crippen LogP) is 13.3. The highest BCUT2D eigenvalue weighted by atomic mass is 16.3. The summed E-state index contributed by atoms with van der Waals surface area (Å²) in [6.45, 7) is 6.78. The van der Waals surface area contributed by atoms with Gasteiger partial charge in [0.05, 0.1) is 5.60 Å². The third kappa shape index (κ3) is 28.8. The fourth-order valence-electron chi connectivity index (χ4n) is 5.98. The summed E-state index contributed by atoms with van der Waals surface area (Å²) in [6.07, 6.45) is 43.9. The molecule has 0 saturated heterocycles. The highest BCUT2D eigenvalue weighted by Gasteiger charge is 2.24. The maximum absolute atomic E-state index is 11.0. The fourth-order valence-corrected chi connectivity index (χ4v) is 5.98. The van der Waals surface area contributed by atoms with E-state index < -0.39 is 0 Å². The van der Waals surface area contributed by atoms with Gasteiger partial charge in [0.15, 0.2) is 0 Å². The van der Waals surface area contributed by atoms with Gasteiger partial charge in [-0.3, -0.25) is 0 Å². The van der Waals surface area contributed by atoms with Gasteiger partial charge in [0.25, 0.3) is 0 Å². The summed E-state index contributed by atoms with van der Waals surface area (Å²) in [5.41, 5.74) is -0.362. The van der Waals surface area contributed by atoms with Crippen molar-refractivity contribution in [1.82, 2.24) is 0 Å². The van der Waals surface area contributed by atoms with Crippen LogP contribution >= 0.6 is 0 Å². The van der Waals surface area contributed by atoms with Gasteiger partial charge in [-0.2, -0.15) is 0 Å².